The quantitative estimate of drug-likeness (QED) is 0.404. The van der Waals surface area contributed by atoms with Gasteiger partial charge in [-0.1, -0.05) is 18.2 Å². The molecule has 2 aliphatic carbocycles. The first-order chi connectivity index (χ1) is 13.8. The van der Waals surface area contributed by atoms with Gasteiger partial charge >= 0.3 is 17.1 Å². The summed E-state index contributed by atoms with van der Waals surface area (Å²) in [4.78, 5) is 23.3. The van der Waals surface area contributed by atoms with Crippen molar-refractivity contribution in [3.05, 3.63) is 77.6 Å². The number of aliphatic imine (C=N–C) groups is 4. The predicted octanol–water partition coefficient (Wildman–Crippen LogP) is -3.57. The third-order valence-electron chi connectivity index (χ3n) is 4.81. The molecule has 7 nitrogen and oxygen atoms in total. The van der Waals surface area contributed by atoms with Crippen LogP contribution in [0.2, 0.25) is 0 Å². The van der Waals surface area contributed by atoms with Gasteiger partial charge in [0, 0.05) is 0 Å². The Morgan fingerprint density at radius 3 is 1.61 bits per heavy atom. The molecule has 5 rings (SSSR count). The number of amidine groups is 2. The Morgan fingerprint density at radius 1 is 0.742 bits per heavy atom. The molecule has 0 saturated heterocycles. The molecule has 2 atom stereocenters. The second-order valence-electron chi connectivity index (χ2n) is 6.46. The minimum atomic E-state index is -0.207. The molecule has 10 heteroatoms. The van der Waals surface area contributed by atoms with Crippen molar-refractivity contribution in [3.63, 3.8) is 0 Å². The van der Waals surface area contributed by atoms with Crippen LogP contribution in [-0.2, 0) is 26.5 Å². The Labute approximate surface area is 202 Å². The Hall–Kier alpha value is -2.51. The van der Waals surface area contributed by atoms with E-state index in [9.17, 15) is 0 Å². The molecule has 0 amide bonds. The van der Waals surface area contributed by atoms with Gasteiger partial charge in [-0.3, -0.25) is 0 Å². The fraction of sp³-hybridized carbons (Fsp3) is 0.190. The zero-order valence-electron chi connectivity index (χ0n) is 16.5. The zero-order chi connectivity index (χ0) is 19.1. The summed E-state index contributed by atoms with van der Waals surface area (Å²) in [5, 5.41) is 0. The minimum Gasteiger partial charge on any atom is -1.00 e. The van der Waals surface area contributed by atoms with Crippen LogP contribution >= 0.6 is 0 Å². The number of halogens is 2. The van der Waals surface area contributed by atoms with E-state index in [1.165, 1.54) is 0 Å². The van der Waals surface area contributed by atoms with Gasteiger partial charge in [-0.25, -0.2) is 25.0 Å². The summed E-state index contributed by atoms with van der Waals surface area (Å²) < 4.78 is 10.8. The average Bonchev–Trinajstić information content (AvgIpc) is 3.37. The number of allylic oxidation sites excluding steroid dienone is 4. The van der Waals surface area contributed by atoms with Crippen LogP contribution in [0.1, 0.15) is 11.4 Å². The number of ether oxygens (including phenoxy) is 2. The van der Waals surface area contributed by atoms with Gasteiger partial charge in [-0.15, -0.1) is 0 Å². The van der Waals surface area contributed by atoms with Crippen molar-refractivity contribution in [2.75, 3.05) is 14.2 Å². The number of pyridine rings is 1. The van der Waals surface area contributed by atoms with Gasteiger partial charge in [0.05, 0.1) is 25.6 Å². The molecule has 0 aromatic carbocycles. The zero-order valence-corrected chi connectivity index (χ0v) is 19.1. The van der Waals surface area contributed by atoms with Crippen LogP contribution in [0, 0.1) is 0 Å². The maximum atomic E-state index is 5.41. The first-order valence-electron chi connectivity index (χ1n) is 8.92. The number of nitrogens with zero attached hydrogens (tertiary/aromatic N) is 5. The van der Waals surface area contributed by atoms with E-state index in [1.807, 2.05) is 54.7 Å². The fourth-order valence-corrected chi connectivity index (χ4v) is 3.43. The van der Waals surface area contributed by atoms with E-state index in [0.29, 0.717) is 23.1 Å². The summed E-state index contributed by atoms with van der Waals surface area (Å²) in [6.07, 6.45) is 11.5. The van der Waals surface area contributed by atoms with Crippen molar-refractivity contribution < 1.29 is 51.4 Å². The number of methoxy groups -OCH3 is 2. The second-order valence-corrected chi connectivity index (χ2v) is 6.46. The smallest absolute Gasteiger partial charge is 1.00 e. The summed E-state index contributed by atoms with van der Waals surface area (Å²) >= 11 is 0. The SMILES string of the molecule is COC1=CC=CC2=NC(c3cccc(C4=NC5C(OC)=CC=CC5=N4)n3)=NC12.[Cl-].[Cl-].[Fe+2]. The van der Waals surface area contributed by atoms with Gasteiger partial charge in [0.15, 0.2) is 23.8 Å². The van der Waals surface area contributed by atoms with Gasteiger partial charge in [-0.2, -0.15) is 0 Å². The maximum Gasteiger partial charge on any atom is 2.00 e. The molecular weight excluding hydrogens is 481 g/mol. The molecule has 2 aliphatic heterocycles. The van der Waals surface area contributed by atoms with Gasteiger partial charge in [0.2, 0.25) is 0 Å². The summed E-state index contributed by atoms with van der Waals surface area (Å²) in [5.41, 5.74) is 3.07. The molecule has 0 radical (unpaired) electrons. The van der Waals surface area contributed by atoms with Crippen molar-refractivity contribution in [1.82, 2.24) is 4.98 Å². The molecule has 1 aromatic rings. The van der Waals surface area contributed by atoms with E-state index in [-0.39, 0.29) is 54.0 Å². The van der Waals surface area contributed by atoms with Gasteiger partial charge in [-0.05, 0) is 36.4 Å². The van der Waals surface area contributed by atoms with Gasteiger partial charge in [0.25, 0.3) is 0 Å². The Kier molecular flexibility index (Phi) is 8.14. The van der Waals surface area contributed by atoms with Crippen molar-refractivity contribution in [2.45, 2.75) is 12.1 Å². The molecule has 2 unspecified atom stereocenters. The van der Waals surface area contributed by atoms with E-state index in [4.69, 9.17) is 14.5 Å². The standard InChI is InChI=1S/C21H17N5O2.2ClH.Fe/c1-27-16-10-4-6-12-18(16)25-20(23-12)14-8-3-9-15(22-14)21-24-13-7-5-11-17(28-2)19(13)26-21;;;/h3-11,18-19H,1-2H3;2*1H;/q;;;+2/p-2. The van der Waals surface area contributed by atoms with Crippen LogP contribution < -0.4 is 24.8 Å². The topological polar surface area (TPSA) is 80.8 Å². The van der Waals surface area contributed by atoms with E-state index in [0.717, 1.165) is 22.9 Å². The fourth-order valence-electron chi connectivity index (χ4n) is 3.43. The molecule has 160 valence electrons. The summed E-state index contributed by atoms with van der Waals surface area (Å²) in [6.45, 7) is 0. The van der Waals surface area contributed by atoms with Crippen molar-refractivity contribution in [2.24, 2.45) is 20.0 Å². The molecular formula is C21H17Cl2FeN5O2. The van der Waals surface area contributed by atoms with Crippen LogP contribution in [-0.4, -0.2) is 54.4 Å². The molecule has 0 N–H and O–H groups in total. The molecule has 3 heterocycles. The molecule has 4 aliphatic rings. The monoisotopic (exact) mass is 497 g/mol. The van der Waals surface area contributed by atoms with Crippen LogP contribution in [0.3, 0.4) is 0 Å². The van der Waals surface area contributed by atoms with E-state index < -0.39 is 0 Å². The second kappa shape index (κ2) is 10.2. The number of rotatable bonds is 4. The maximum absolute atomic E-state index is 5.41. The van der Waals surface area contributed by atoms with Crippen LogP contribution in [0.25, 0.3) is 0 Å². The Morgan fingerprint density at radius 2 is 1.19 bits per heavy atom. The van der Waals surface area contributed by atoms with E-state index >= 15 is 0 Å². The first-order valence-corrected chi connectivity index (χ1v) is 8.92. The van der Waals surface area contributed by atoms with E-state index in [1.54, 1.807) is 14.2 Å². The number of fused-ring (bicyclic) bond motifs is 2. The first kappa shape index (κ1) is 24.8. The Bertz CT molecular complexity index is 1040. The van der Waals surface area contributed by atoms with Crippen LogP contribution in [0.4, 0.5) is 0 Å². The summed E-state index contributed by atoms with van der Waals surface area (Å²) in [5.74, 6) is 2.71. The predicted molar refractivity (Wildman–Crippen MR) is 108 cm³/mol. The van der Waals surface area contributed by atoms with Gasteiger partial charge in [0.1, 0.15) is 22.9 Å². The van der Waals surface area contributed by atoms with Crippen molar-refractivity contribution in [1.29, 1.82) is 0 Å². The number of hydrogen-bond acceptors (Lipinski definition) is 7. The van der Waals surface area contributed by atoms with Crippen molar-refractivity contribution in [3.8, 4) is 0 Å². The minimum absolute atomic E-state index is 0. The van der Waals surface area contributed by atoms with Crippen molar-refractivity contribution >= 4 is 23.1 Å². The molecule has 31 heavy (non-hydrogen) atoms. The molecule has 0 fully saturated rings. The average molecular weight is 498 g/mol. The summed E-state index contributed by atoms with van der Waals surface area (Å²) in [6, 6.07) is 5.28. The van der Waals surface area contributed by atoms with Crippen LogP contribution in [0.15, 0.2) is 86.1 Å². The van der Waals surface area contributed by atoms with Gasteiger partial charge < -0.3 is 34.3 Å². The third-order valence-corrected chi connectivity index (χ3v) is 4.81. The van der Waals surface area contributed by atoms with Crippen LogP contribution in [0.5, 0.6) is 0 Å². The van der Waals surface area contributed by atoms with E-state index in [2.05, 4.69) is 20.0 Å². The molecule has 1 aromatic heterocycles. The number of aromatic nitrogens is 1. The molecule has 0 bridgehead atoms. The normalized spacial score (nSPS) is 22.0. The molecule has 0 saturated carbocycles. The molecule has 0 spiro atoms. The third kappa shape index (κ3) is 4.43. The summed E-state index contributed by atoms with van der Waals surface area (Å²) in [7, 11) is 3.28. The number of hydrogen-bond donors (Lipinski definition) is 0. The largest absolute Gasteiger partial charge is 2.00 e. The Balaban J connectivity index is 0.00000114.